The Morgan fingerprint density at radius 1 is 1.22 bits per heavy atom. The van der Waals surface area contributed by atoms with E-state index < -0.39 is 0 Å². The van der Waals surface area contributed by atoms with Gasteiger partial charge in [0, 0.05) is 29.9 Å². The molecule has 0 bridgehead atoms. The number of aryl methyl sites for hydroxylation is 1. The molecule has 0 amide bonds. The van der Waals surface area contributed by atoms with E-state index in [-0.39, 0.29) is 47.8 Å². The summed E-state index contributed by atoms with van der Waals surface area (Å²) in [5.74, 6) is -0.0653. The number of anilines is 1. The first-order valence-corrected chi connectivity index (χ1v) is 8.65. The summed E-state index contributed by atoms with van der Waals surface area (Å²) in [5, 5.41) is 14.7. The summed E-state index contributed by atoms with van der Waals surface area (Å²) in [6.07, 6.45) is 6.95. The van der Waals surface area contributed by atoms with Gasteiger partial charge in [-0.2, -0.15) is 0 Å². The number of aromatic nitrogens is 1. The first-order chi connectivity index (χ1) is 12.1. The maximum absolute atomic E-state index is 12.4. The second kappa shape index (κ2) is 8.83. The van der Waals surface area contributed by atoms with Crippen LogP contribution in [0, 0.1) is 0 Å². The Balaban J connectivity index is 0.00000131. The van der Waals surface area contributed by atoms with E-state index in [0.717, 1.165) is 47.9 Å². The third-order valence-corrected chi connectivity index (χ3v) is 4.95. The average molecular weight is 430 g/mol. The van der Waals surface area contributed by atoms with Crippen LogP contribution >= 0.6 is 36.4 Å². The number of phenols is 1. The highest BCUT2D eigenvalue weighted by atomic mass is 35.5. The van der Waals surface area contributed by atoms with Crippen molar-refractivity contribution in [3.63, 3.8) is 0 Å². The van der Waals surface area contributed by atoms with E-state index in [9.17, 15) is 9.90 Å². The molecular formula is C19H19Cl3N2O3. The molecule has 4 rings (SSSR count). The molecule has 2 heterocycles. The second-order valence-corrected chi connectivity index (χ2v) is 6.62. The van der Waals surface area contributed by atoms with Gasteiger partial charge in [-0.3, -0.25) is 4.98 Å². The zero-order valence-corrected chi connectivity index (χ0v) is 16.7. The highest BCUT2D eigenvalue weighted by molar-refractivity contribution is 6.33. The number of fused-ring (bicyclic) bond motifs is 3. The first-order valence-electron chi connectivity index (χ1n) is 8.28. The van der Waals surface area contributed by atoms with Crippen molar-refractivity contribution in [3.05, 3.63) is 62.7 Å². The number of pyridine rings is 1. The van der Waals surface area contributed by atoms with Gasteiger partial charge < -0.3 is 14.8 Å². The lowest BCUT2D eigenvalue weighted by molar-refractivity contribution is 0.465. The Morgan fingerprint density at radius 2 is 1.96 bits per heavy atom. The molecule has 0 radical (unpaired) electrons. The Morgan fingerprint density at radius 3 is 2.67 bits per heavy atom. The predicted molar refractivity (Wildman–Crippen MR) is 112 cm³/mol. The molecule has 0 aliphatic heterocycles. The van der Waals surface area contributed by atoms with Gasteiger partial charge in [0.2, 0.25) is 0 Å². The van der Waals surface area contributed by atoms with Crippen LogP contribution in [0.1, 0.15) is 29.5 Å². The quantitative estimate of drug-likeness (QED) is 0.580. The third kappa shape index (κ3) is 4.00. The van der Waals surface area contributed by atoms with Crippen LogP contribution in [0.2, 0.25) is 5.02 Å². The zero-order valence-electron chi connectivity index (χ0n) is 14.3. The summed E-state index contributed by atoms with van der Waals surface area (Å²) in [6, 6.07) is 5.39. The maximum atomic E-state index is 12.4. The highest BCUT2D eigenvalue weighted by Crippen LogP contribution is 2.38. The smallest absolute Gasteiger partial charge is 0.339 e. The second-order valence-electron chi connectivity index (χ2n) is 6.21. The van der Waals surface area contributed by atoms with Crippen LogP contribution in [0.25, 0.3) is 11.0 Å². The zero-order chi connectivity index (χ0) is 17.4. The van der Waals surface area contributed by atoms with Crippen LogP contribution in [-0.4, -0.2) is 10.1 Å². The summed E-state index contributed by atoms with van der Waals surface area (Å²) in [6.45, 7) is 0.274. The molecule has 1 aromatic carbocycles. The van der Waals surface area contributed by atoms with Gasteiger partial charge in [0.1, 0.15) is 11.3 Å². The van der Waals surface area contributed by atoms with Crippen LogP contribution < -0.4 is 10.9 Å². The van der Waals surface area contributed by atoms with Crippen molar-refractivity contribution < 1.29 is 9.52 Å². The molecule has 1 aliphatic carbocycles. The van der Waals surface area contributed by atoms with Crippen molar-refractivity contribution in [3.8, 4) is 5.75 Å². The molecule has 2 N–H and O–H groups in total. The molecule has 2 aromatic heterocycles. The van der Waals surface area contributed by atoms with Crippen LogP contribution in [-0.2, 0) is 19.4 Å². The molecule has 5 nitrogen and oxygen atoms in total. The van der Waals surface area contributed by atoms with E-state index in [0.29, 0.717) is 11.1 Å². The van der Waals surface area contributed by atoms with Crippen LogP contribution in [0.3, 0.4) is 0 Å². The highest BCUT2D eigenvalue weighted by Gasteiger charge is 2.22. The van der Waals surface area contributed by atoms with Crippen LogP contribution in [0.15, 0.2) is 39.8 Å². The first kappa shape index (κ1) is 21.4. The molecule has 144 valence electrons. The standard InChI is InChI=1S/C19H17ClN2O3.2ClH/c20-16-8-14-12-5-1-2-6-13(12)19(24)25-18(14)15(17(16)23)10-22-11-4-3-7-21-9-11;;/h3-4,7-9,22-23H,1-2,5-6,10H2;2*1H. The normalized spacial score (nSPS) is 12.6. The van der Waals surface area contributed by atoms with Crippen molar-refractivity contribution >= 4 is 53.1 Å². The average Bonchev–Trinajstić information content (AvgIpc) is 2.64. The largest absolute Gasteiger partial charge is 0.506 e. The molecule has 0 spiro atoms. The lowest BCUT2D eigenvalue weighted by Gasteiger charge is -2.18. The van der Waals surface area contributed by atoms with Gasteiger partial charge in [-0.15, -0.1) is 24.8 Å². The van der Waals surface area contributed by atoms with Crippen molar-refractivity contribution in [2.24, 2.45) is 0 Å². The van der Waals surface area contributed by atoms with Gasteiger partial charge in [0.05, 0.1) is 16.3 Å². The number of hydrogen-bond acceptors (Lipinski definition) is 5. The molecule has 1 aliphatic rings. The van der Waals surface area contributed by atoms with Gasteiger partial charge in [-0.1, -0.05) is 11.6 Å². The third-order valence-electron chi connectivity index (χ3n) is 4.67. The van der Waals surface area contributed by atoms with Gasteiger partial charge >= 0.3 is 5.63 Å². The van der Waals surface area contributed by atoms with E-state index >= 15 is 0 Å². The molecule has 3 aromatic rings. The fraction of sp³-hybridized carbons (Fsp3) is 0.263. The molecule has 0 fully saturated rings. The number of halogens is 3. The van der Waals surface area contributed by atoms with E-state index in [1.807, 2.05) is 12.1 Å². The summed E-state index contributed by atoms with van der Waals surface area (Å²) in [5.41, 5.74) is 3.12. The van der Waals surface area contributed by atoms with Crippen LogP contribution in [0.4, 0.5) is 5.69 Å². The number of rotatable bonds is 3. The number of nitrogens with one attached hydrogen (secondary N) is 1. The van der Waals surface area contributed by atoms with E-state index in [2.05, 4.69) is 10.3 Å². The van der Waals surface area contributed by atoms with Crippen molar-refractivity contribution in [1.29, 1.82) is 0 Å². The minimum absolute atomic E-state index is 0. The SMILES string of the molecule is Cl.Cl.O=c1oc2c(CNc3cccnc3)c(O)c(Cl)cc2c2c1CCCC2. The lowest BCUT2D eigenvalue weighted by atomic mass is 9.90. The Bertz CT molecular complexity index is 1010. The minimum atomic E-state index is -0.313. The summed E-state index contributed by atoms with van der Waals surface area (Å²) >= 11 is 6.25. The van der Waals surface area contributed by atoms with Crippen molar-refractivity contribution in [2.75, 3.05) is 5.32 Å². The molecule has 8 heteroatoms. The van der Waals surface area contributed by atoms with E-state index in [4.69, 9.17) is 16.0 Å². The maximum Gasteiger partial charge on any atom is 0.339 e. The summed E-state index contributed by atoms with van der Waals surface area (Å²) in [7, 11) is 0. The van der Waals surface area contributed by atoms with Gasteiger partial charge in [-0.25, -0.2) is 4.79 Å². The fourth-order valence-electron chi connectivity index (χ4n) is 3.42. The Kier molecular flexibility index (Phi) is 6.98. The topological polar surface area (TPSA) is 75.4 Å². The molecule has 27 heavy (non-hydrogen) atoms. The molecule has 0 saturated carbocycles. The Hall–Kier alpha value is -1.95. The van der Waals surface area contributed by atoms with E-state index in [1.54, 1.807) is 18.5 Å². The van der Waals surface area contributed by atoms with Gasteiger partial charge in [0.25, 0.3) is 0 Å². The van der Waals surface area contributed by atoms with E-state index in [1.165, 1.54) is 0 Å². The van der Waals surface area contributed by atoms with Crippen molar-refractivity contribution in [1.82, 2.24) is 4.98 Å². The fourth-order valence-corrected chi connectivity index (χ4v) is 3.64. The Labute approximate surface area is 173 Å². The number of phenolic OH excluding ortho intramolecular Hbond substituents is 1. The molecular weight excluding hydrogens is 411 g/mol. The summed E-state index contributed by atoms with van der Waals surface area (Å²) in [4.78, 5) is 16.4. The minimum Gasteiger partial charge on any atom is -0.506 e. The van der Waals surface area contributed by atoms with Crippen molar-refractivity contribution in [2.45, 2.75) is 32.2 Å². The van der Waals surface area contributed by atoms with Crippen LogP contribution in [0.5, 0.6) is 5.75 Å². The lowest BCUT2D eigenvalue weighted by Crippen LogP contribution is -2.16. The van der Waals surface area contributed by atoms with Gasteiger partial charge in [-0.05, 0) is 49.4 Å². The van der Waals surface area contributed by atoms with Gasteiger partial charge in [0.15, 0.2) is 0 Å². The molecule has 0 atom stereocenters. The summed E-state index contributed by atoms with van der Waals surface area (Å²) < 4.78 is 5.59. The predicted octanol–water partition coefficient (Wildman–Crippen LogP) is 4.88. The number of nitrogens with zero attached hydrogens (tertiary/aromatic N) is 1. The molecule has 0 saturated heterocycles. The molecule has 0 unspecified atom stereocenters. The number of hydrogen-bond donors (Lipinski definition) is 2. The number of aromatic hydroxyl groups is 1. The monoisotopic (exact) mass is 428 g/mol. The number of benzene rings is 1.